The Kier molecular flexibility index (Phi) is 3.87. The highest BCUT2D eigenvalue weighted by Gasteiger charge is 2.29. The molecule has 0 bridgehead atoms. The summed E-state index contributed by atoms with van der Waals surface area (Å²) in [6.07, 6.45) is 1.42. The van der Waals surface area contributed by atoms with E-state index in [1.165, 1.54) is 0 Å². The van der Waals surface area contributed by atoms with Gasteiger partial charge in [-0.15, -0.1) is 0 Å². The lowest BCUT2D eigenvalue weighted by molar-refractivity contribution is -0.122. The normalized spacial score (nSPS) is 22.2. The van der Waals surface area contributed by atoms with E-state index in [9.17, 15) is 9.90 Å². The summed E-state index contributed by atoms with van der Waals surface area (Å²) in [7, 11) is 1.60. The number of fused-ring (bicyclic) bond motifs is 1. The third-order valence-corrected chi connectivity index (χ3v) is 3.44. The van der Waals surface area contributed by atoms with Crippen LogP contribution in [-0.4, -0.2) is 24.2 Å². The summed E-state index contributed by atoms with van der Waals surface area (Å²) < 4.78 is 5.17. The highest BCUT2D eigenvalue weighted by Crippen LogP contribution is 2.32. The Morgan fingerprint density at radius 2 is 2.33 bits per heavy atom. The van der Waals surface area contributed by atoms with Gasteiger partial charge in [0.2, 0.25) is 5.91 Å². The topological polar surface area (TPSA) is 58.6 Å². The third-order valence-electron chi connectivity index (χ3n) is 3.44. The van der Waals surface area contributed by atoms with E-state index in [2.05, 4.69) is 5.32 Å². The first-order valence-corrected chi connectivity index (χ1v) is 6.30. The van der Waals surface area contributed by atoms with Crippen molar-refractivity contribution in [3.05, 3.63) is 29.3 Å². The van der Waals surface area contributed by atoms with Crippen LogP contribution in [0.5, 0.6) is 5.75 Å². The standard InChI is InChI=1S/C14H19NO3/c1-3-13(16)15-12-7-5-9-4-6-10(18-2)8-11(9)14(12)17/h4,6,8,12,14,17H,3,5,7H2,1-2H3,(H,15,16)/t12-,14+/m0/s1. The fourth-order valence-corrected chi connectivity index (χ4v) is 2.35. The van der Waals surface area contributed by atoms with Gasteiger partial charge in [0.05, 0.1) is 19.3 Å². The number of aliphatic hydroxyl groups is 1. The molecule has 18 heavy (non-hydrogen) atoms. The van der Waals surface area contributed by atoms with Crippen molar-refractivity contribution < 1.29 is 14.6 Å². The molecule has 1 aliphatic carbocycles. The van der Waals surface area contributed by atoms with Gasteiger partial charge in [-0.1, -0.05) is 13.0 Å². The van der Waals surface area contributed by atoms with Gasteiger partial charge in [0.1, 0.15) is 5.75 Å². The summed E-state index contributed by atoms with van der Waals surface area (Å²) in [5, 5.41) is 13.2. The maximum atomic E-state index is 11.4. The van der Waals surface area contributed by atoms with Crippen LogP contribution in [0.1, 0.15) is 37.0 Å². The second-order valence-electron chi connectivity index (χ2n) is 4.58. The number of nitrogens with one attached hydrogen (secondary N) is 1. The Labute approximate surface area is 107 Å². The predicted molar refractivity (Wildman–Crippen MR) is 68.5 cm³/mol. The summed E-state index contributed by atoms with van der Waals surface area (Å²) in [6.45, 7) is 1.81. The van der Waals surface area contributed by atoms with Crippen LogP contribution in [-0.2, 0) is 11.2 Å². The molecule has 0 radical (unpaired) electrons. The average molecular weight is 249 g/mol. The van der Waals surface area contributed by atoms with Crippen LogP contribution >= 0.6 is 0 Å². The van der Waals surface area contributed by atoms with Crippen LogP contribution in [0.3, 0.4) is 0 Å². The number of carbonyl (C=O) groups excluding carboxylic acids is 1. The lowest BCUT2D eigenvalue weighted by atomic mass is 9.85. The minimum absolute atomic E-state index is 0.0228. The van der Waals surface area contributed by atoms with E-state index in [4.69, 9.17) is 4.74 Å². The zero-order valence-electron chi connectivity index (χ0n) is 10.8. The van der Waals surface area contributed by atoms with Gasteiger partial charge >= 0.3 is 0 Å². The Bertz CT molecular complexity index is 445. The molecule has 98 valence electrons. The molecular weight excluding hydrogens is 230 g/mol. The van der Waals surface area contributed by atoms with Crippen molar-refractivity contribution in [2.45, 2.75) is 38.3 Å². The van der Waals surface area contributed by atoms with E-state index >= 15 is 0 Å². The molecule has 0 saturated heterocycles. The number of amides is 1. The van der Waals surface area contributed by atoms with E-state index in [-0.39, 0.29) is 11.9 Å². The number of methoxy groups -OCH3 is 1. The summed E-state index contributed by atoms with van der Waals surface area (Å²) in [6, 6.07) is 5.53. The SMILES string of the molecule is CCC(=O)N[C@H]1CCc2ccc(OC)cc2[C@H]1O. The molecule has 0 saturated carbocycles. The third kappa shape index (κ3) is 2.48. The highest BCUT2D eigenvalue weighted by molar-refractivity contribution is 5.76. The van der Waals surface area contributed by atoms with Crippen molar-refractivity contribution in [1.29, 1.82) is 0 Å². The van der Waals surface area contributed by atoms with Crippen LogP contribution < -0.4 is 10.1 Å². The molecule has 0 aromatic heterocycles. The Balaban J connectivity index is 2.20. The molecule has 1 aromatic rings. The van der Waals surface area contributed by atoms with Gasteiger partial charge in [0, 0.05) is 6.42 Å². The number of hydrogen-bond acceptors (Lipinski definition) is 3. The molecule has 0 spiro atoms. The molecule has 0 aliphatic heterocycles. The minimum atomic E-state index is -0.653. The average Bonchev–Trinajstić information content (AvgIpc) is 2.41. The summed E-state index contributed by atoms with van der Waals surface area (Å²) in [4.78, 5) is 11.4. The number of aryl methyl sites for hydroxylation is 1. The summed E-state index contributed by atoms with van der Waals surface area (Å²) in [5.41, 5.74) is 1.99. The fourth-order valence-electron chi connectivity index (χ4n) is 2.35. The maximum absolute atomic E-state index is 11.4. The summed E-state index contributed by atoms with van der Waals surface area (Å²) in [5.74, 6) is 0.709. The van der Waals surface area contributed by atoms with E-state index in [0.717, 1.165) is 29.7 Å². The van der Waals surface area contributed by atoms with Crippen LogP contribution in [0, 0.1) is 0 Å². The van der Waals surface area contributed by atoms with Crippen LogP contribution in [0.4, 0.5) is 0 Å². The molecule has 0 unspecified atom stereocenters. The molecule has 2 N–H and O–H groups in total. The second-order valence-corrected chi connectivity index (χ2v) is 4.58. The molecule has 2 atom stereocenters. The van der Waals surface area contributed by atoms with Gasteiger partial charge in [-0.25, -0.2) is 0 Å². The zero-order chi connectivity index (χ0) is 13.1. The molecule has 4 nitrogen and oxygen atoms in total. The van der Waals surface area contributed by atoms with Crippen molar-refractivity contribution in [2.24, 2.45) is 0 Å². The fraction of sp³-hybridized carbons (Fsp3) is 0.500. The van der Waals surface area contributed by atoms with Crippen molar-refractivity contribution in [2.75, 3.05) is 7.11 Å². The first-order chi connectivity index (χ1) is 8.65. The first-order valence-electron chi connectivity index (χ1n) is 6.30. The lowest BCUT2D eigenvalue weighted by Gasteiger charge is -2.31. The smallest absolute Gasteiger partial charge is 0.220 e. The number of aliphatic hydroxyl groups excluding tert-OH is 1. The van der Waals surface area contributed by atoms with Crippen LogP contribution in [0.25, 0.3) is 0 Å². The summed E-state index contributed by atoms with van der Waals surface area (Å²) >= 11 is 0. The highest BCUT2D eigenvalue weighted by atomic mass is 16.5. The maximum Gasteiger partial charge on any atom is 0.220 e. The van der Waals surface area contributed by atoms with Gasteiger partial charge in [0.15, 0.2) is 0 Å². The Morgan fingerprint density at radius 1 is 1.56 bits per heavy atom. The van der Waals surface area contributed by atoms with Gasteiger partial charge in [-0.3, -0.25) is 4.79 Å². The predicted octanol–water partition coefficient (Wildman–Crippen LogP) is 1.57. The Morgan fingerprint density at radius 3 is 3.00 bits per heavy atom. The monoisotopic (exact) mass is 249 g/mol. The Hall–Kier alpha value is -1.55. The van der Waals surface area contributed by atoms with Crippen molar-refractivity contribution >= 4 is 5.91 Å². The van der Waals surface area contributed by atoms with Gasteiger partial charge in [-0.05, 0) is 36.1 Å². The number of benzene rings is 1. The zero-order valence-corrected chi connectivity index (χ0v) is 10.8. The van der Waals surface area contributed by atoms with Crippen LogP contribution in [0.15, 0.2) is 18.2 Å². The van der Waals surface area contributed by atoms with Crippen molar-refractivity contribution in [1.82, 2.24) is 5.32 Å². The molecule has 0 fully saturated rings. The van der Waals surface area contributed by atoms with E-state index in [1.54, 1.807) is 7.11 Å². The van der Waals surface area contributed by atoms with E-state index in [1.807, 2.05) is 25.1 Å². The molecular formula is C14H19NO3. The van der Waals surface area contributed by atoms with Gasteiger partial charge < -0.3 is 15.2 Å². The van der Waals surface area contributed by atoms with Crippen molar-refractivity contribution in [3.8, 4) is 5.75 Å². The van der Waals surface area contributed by atoms with E-state index < -0.39 is 6.10 Å². The van der Waals surface area contributed by atoms with Crippen molar-refractivity contribution in [3.63, 3.8) is 0 Å². The number of hydrogen-bond donors (Lipinski definition) is 2. The lowest BCUT2D eigenvalue weighted by Crippen LogP contribution is -2.41. The first kappa shape index (κ1) is 12.9. The molecule has 1 aromatic carbocycles. The van der Waals surface area contributed by atoms with E-state index in [0.29, 0.717) is 6.42 Å². The largest absolute Gasteiger partial charge is 0.497 e. The quantitative estimate of drug-likeness (QED) is 0.855. The second kappa shape index (κ2) is 5.40. The van der Waals surface area contributed by atoms with Gasteiger partial charge in [-0.2, -0.15) is 0 Å². The number of rotatable bonds is 3. The molecule has 2 rings (SSSR count). The molecule has 1 amide bonds. The number of carbonyl (C=O) groups is 1. The molecule has 1 aliphatic rings. The molecule has 4 heteroatoms. The van der Waals surface area contributed by atoms with Crippen LogP contribution in [0.2, 0.25) is 0 Å². The number of ether oxygens (including phenoxy) is 1. The van der Waals surface area contributed by atoms with Gasteiger partial charge in [0.25, 0.3) is 0 Å². The minimum Gasteiger partial charge on any atom is -0.497 e. The molecule has 0 heterocycles.